The highest BCUT2D eigenvalue weighted by Gasteiger charge is 2.25. The first-order chi connectivity index (χ1) is 11.8. The number of morpholine rings is 1. The Balaban J connectivity index is 1.53. The number of aromatic nitrogens is 3. The number of rotatable bonds is 3. The lowest BCUT2D eigenvalue weighted by Crippen LogP contribution is -2.38. The van der Waals surface area contributed by atoms with Crippen molar-refractivity contribution in [3.63, 3.8) is 0 Å². The Kier molecular flexibility index (Phi) is 4.18. The van der Waals surface area contributed by atoms with E-state index in [2.05, 4.69) is 20.1 Å². The van der Waals surface area contributed by atoms with E-state index in [1.54, 1.807) is 12.3 Å². The van der Waals surface area contributed by atoms with E-state index in [4.69, 9.17) is 4.74 Å². The molecule has 3 heterocycles. The molecule has 1 aliphatic rings. The van der Waals surface area contributed by atoms with Crippen molar-refractivity contribution in [3.8, 4) is 10.7 Å². The smallest absolute Gasteiger partial charge is 0.208 e. The van der Waals surface area contributed by atoms with Gasteiger partial charge in [0.1, 0.15) is 17.6 Å². The summed E-state index contributed by atoms with van der Waals surface area (Å²) in [4.78, 5) is 6.43. The highest BCUT2D eigenvalue weighted by atomic mass is 32.1. The second-order valence-corrected chi connectivity index (χ2v) is 6.42. The van der Waals surface area contributed by atoms with Crippen LogP contribution in [0.2, 0.25) is 0 Å². The van der Waals surface area contributed by atoms with Gasteiger partial charge in [0, 0.05) is 12.7 Å². The van der Waals surface area contributed by atoms with Crippen molar-refractivity contribution in [1.82, 2.24) is 15.2 Å². The minimum absolute atomic E-state index is 0.170. The van der Waals surface area contributed by atoms with Crippen LogP contribution in [0.1, 0.15) is 11.7 Å². The number of ether oxygens (including phenoxy) is 1. The Morgan fingerprint density at radius 1 is 1.17 bits per heavy atom. The summed E-state index contributed by atoms with van der Waals surface area (Å²) in [7, 11) is 0. The SMILES string of the molecule is Fc1cccc([C@H]2CN(c3nnc(-c4ccccn4)s3)CCO2)c1. The summed E-state index contributed by atoms with van der Waals surface area (Å²) in [5, 5.41) is 10.1. The van der Waals surface area contributed by atoms with Crippen LogP contribution in [0.25, 0.3) is 10.7 Å². The fourth-order valence-electron chi connectivity index (χ4n) is 2.67. The molecule has 1 aromatic carbocycles. The molecule has 0 saturated carbocycles. The molecule has 122 valence electrons. The summed E-state index contributed by atoms with van der Waals surface area (Å²) in [6.45, 7) is 1.93. The summed E-state index contributed by atoms with van der Waals surface area (Å²) < 4.78 is 19.2. The molecule has 1 aliphatic heterocycles. The molecule has 0 unspecified atom stereocenters. The average molecular weight is 342 g/mol. The lowest BCUT2D eigenvalue weighted by molar-refractivity contribution is 0.0395. The molecule has 3 aromatic rings. The van der Waals surface area contributed by atoms with Crippen molar-refractivity contribution in [2.75, 3.05) is 24.6 Å². The van der Waals surface area contributed by atoms with E-state index in [9.17, 15) is 4.39 Å². The third-order valence-corrected chi connectivity index (χ3v) is 4.86. The Morgan fingerprint density at radius 2 is 2.12 bits per heavy atom. The Bertz CT molecular complexity index is 826. The first kappa shape index (κ1) is 15.2. The first-order valence-corrected chi connectivity index (χ1v) is 8.48. The van der Waals surface area contributed by atoms with Crippen LogP contribution in [-0.4, -0.2) is 34.9 Å². The summed E-state index contributed by atoms with van der Waals surface area (Å²) >= 11 is 1.50. The third-order valence-electron chi connectivity index (χ3n) is 3.86. The maximum Gasteiger partial charge on any atom is 0.208 e. The van der Waals surface area contributed by atoms with Gasteiger partial charge in [-0.1, -0.05) is 29.5 Å². The zero-order valence-electron chi connectivity index (χ0n) is 12.8. The standard InChI is InChI=1S/C17H15FN4OS/c18-13-5-3-4-12(10-13)15-11-22(8-9-23-15)17-21-20-16(24-17)14-6-1-2-7-19-14/h1-7,10,15H,8-9,11H2/t15-/m1/s1. The molecule has 0 aliphatic carbocycles. The molecule has 5 nitrogen and oxygen atoms in total. The lowest BCUT2D eigenvalue weighted by Gasteiger charge is -2.32. The predicted octanol–water partition coefficient (Wildman–Crippen LogP) is 3.32. The highest BCUT2D eigenvalue weighted by molar-refractivity contribution is 7.18. The fourth-order valence-corrected chi connectivity index (χ4v) is 3.52. The van der Waals surface area contributed by atoms with Crippen LogP contribution in [0, 0.1) is 5.82 Å². The molecule has 2 aromatic heterocycles. The van der Waals surface area contributed by atoms with E-state index >= 15 is 0 Å². The summed E-state index contributed by atoms with van der Waals surface area (Å²) in [5.74, 6) is -0.249. The van der Waals surface area contributed by atoms with Gasteiger partial charge in [0.2, 0.25) is 5.13 Å². The van der Waals surface area contributed by atoms with Crippen molar-refractivity contribution in [1.29, 1.82) is 0 Å². The Morgan fingerprint density at radius 3 is 2.96 bits per heavy atom. The van der Waals surface area contributed by atoms with E-state index in [1.807, 2.05) is 24.3 Å². The van der Waals surface area contributed by atoms with Gasteiger partial charge in [-0.3, -0.25) is 4.98 Å². The maximum absolute atomic E-state index is 13.4. The van der Waals surface area contributed by atoms with Gasteiger partial charge in [0.15, 0.2) is 5.01 Å². The fraction of sp³-hybridized carbons (Fsp3) is 0.235. The number of benzene rings is 1. The zero-order valence-corrected chi connectivity index (χ0v) is 13.6. The van der Waals surface area contributed by atoms with Crippen LogP contribution in [-0.2, 0) is 4.74 Å². The van der Waals surface area contributed by atoms with Crippen molar-refractivity contribution in [3.05, 3.63) is 60.0 Å². The summed E-state index contributed by atoms with van der Waals surface area (Å²) in [6, 6.07) is 12.3. The van der Waals surface area contributed by atoms with E-state index in [-0.39, 0.29) is 11.9 Å². The second-order valence-electron chi connectivity index (χ2n) is 5.47. The van der Waals surface area contributed by atoms with Crippen LogP contribution in [0.15, 0.2) is 48.7 Å². The van der Waals surface area contributed by atoms with Gasteiger partial charge in [-0.2, -0.15) is 0 Å². The third kappa shape index (κ3) is 3.13. The van der Waals surface area contributed by atoms with Crippen molar-refractivity contribution >= 4 is 16.5 Å². The van der Waals surface area contributed by atoms with Crippen LogP contribution < -0.4 is 4.90 Å². The molecule has 7 heteroatoms. The van der Waals surface area contributed by atoms with E-state index in [1.165, 1.54) is 23.5 Å². The van der Waals surface area contributed by atoms with Crippen molar-refractivity contribution in [2.45, 2.75) is 6.10 Å². The molecular weight excluding hydrogens is 327 g/mol. The minimum Gasteiger partial charge on any atom is -0.370 e. The average Bonchev–Trinajstić information content (AvgIpc) is 3.13. The number of hydrogen-bond acceptors (Lipinski definition) is 6. The molecule has 0 bridgehead atoms. The van der Waals surface area contributed by atoms with Crippen LogP contribution in [0.4, 0.5) is 9.52 Å². The van der Waals surface area contributed by atoms with E-state index in [0.29, 0.717) is 13.2 Å². The van der Waals surface area contributed by atoms with Crippen molar-refractivity contribution in [2.24, 2.45) is 0 Å². The van der Waals surface area contributed by atoms with Gasteiger partial charge in [-0.15, -0.1) is 10.2 Å². The molecule has 0 N–H and O–H groups in total. The van der Waals surface area contributed by atoms with Crippen LogP contribution >= 0.6 is 11.3 Å². The second kappa shape index (κ2) is 6.62. The van der Waals surface area contributed by atoms with Gasteiger partial charge in [-0.25, -0.2) is 4.39 Å². The maximum atomic E-state index is 13.4. The summed E-state index contributed by atoms with van der Waals surface area (Å²) in [5.41, 5.74) is 1.66. The van der Waals surface area contributed by atoms with Gasteiger partial charge < -0.3 is 9.64 Å². The number of anilines is 1. The molecule has 1 atom stereocenters. The summed E-state index contributed by atoms with van der Waals surface area (Å²) in [6.07, 6.45) is 1.57. The van der Waals surface area contributed by atoms with E-state index in [0.717, 1.165) is 27.9 Å². The van der Waals surface area contributed by atoms with Gasteiger partial charge >= 0.3 is 0 Å². The molecular formula is C17H15FN4OS. The predicted molar refractivity (Wildman–Crippen MR) is 90.4 cm³/mol. The van der Waals surface area contributed by atoms with Gasteiger partial charge in [0.25, 0.3) is 0 Å². The Hall–Kier alpha value is -2.38. The van der Waals surface area contributed by atoms with Gasteiger partial charge in [-0.05, 0) is 29.8 Å². The lowest BCUT2D eigenvalue weighted by atomic mass is 10.1. The number of halogens is 1. The topological polar surface area (TPSA) is 51.1 Å². The molecule has 24 heavy (non-hydrogen) atoms. The highest BCUT2D eigenvalue weighted by Crippen LogP contribution is 2.31. The molecule has 0 radical (unpaired) electrons. The molecule has 1 saturated heterocycles. The number of nitrogens with zero attached hydrogens (tertiary/aromatic N) is 4. The van der Waals surface area contributed by atoms with Gasteiger partial charge in [0.05, 0.1) is 13.2 Å². The normalized spacial score (nSPS) is 17.9. The van der Waals surface area contributed by atoms with E-state index < -0.39 is 0 Å². The minimum atomic E-state index is -0.249. The van der Waals surface area contributed by atoms with Crippen LogP contribution in [0.3, 0.4) is 0 Å². The largest absolute Gasteiger partial charge is 0.370 e. The number of hydrogen-bond donors (Lipinski definition) is 0. The Labute approximate surface area is 142 Å². The first-order valence-electron chi connectivity index (χ1n) is 7.66. The monoisotopic (exact) mass is 342 g/mol. The van der Waals surface area contributed by atoms with Crippen LogP contribution in [0.5, 0.6) is 0 Å². The zero-order chi connectivity index (χ0) is 16.4. The molecule has 4 rings (SSSR count). The van der Waals surface area contributed by atoms with Crippen molar-refractivity contribution < 1.29 is 9.13 Å². The quantitative estimate of drug-likeness (QED) is 0.731. The molecule has 0 amide bonds. The molecule has 1 fully saturated rings. The molecule has 0 spiro atoms. The number of pyridine rings is 1.